The molecule has 5 heterocycles. The van der Waals surface area contributed by atoms with Crippen LogP contribution in [0.5, 0.6) is 0 Å². The van der Waals surface area contributed by atoms with Gasteiger partial charge in [-0.3, -0.25) is 15.1 Å². The summed E-state index contributed by atoms with van der Waals surface area (Å²) in [5, 5.41) is 0. The lowest BCUT2D eigenvalue weighted by Crippen LogP contribution is -2.62. The average molecular weight is 381 g/mol. The second kappa shape index (κ2) is 6.82. The van der Waals surface area contributed by atoms with Crippen molar-refractivity contribution in [1.82, 2.24) is 20.7 Å². The van der Waals surface area contributed by atoms with Gasteiger partial charge in [0.2, 0.25) is 5.91 Å². The molecule has 7 rings (SSSR count). The molecule has 2 N–H and O–H groups in total. The third-order valence-corrected chi connectivity index (χ3v) is 8.44. The summed E-state index contributed by atoms with van der Waals surface area (Å²) in [5.41, 5.74) is 8.28. The summed E-state index contributed by atoms with van der Waals surface area (Å²) in [6, 6.07) is 12.3. The van der Waals surface area contributed by atoms with Gasteiger partial charge in [-0.1, -0.05) is 43.2 Å². The largest absolute Gasteiger partial charge is 0.336 e. The summed E-state index contributed by atoms with van der Waals surface area (Å²) < 4.78 is 0. The molecule has 1 saturated carbocycles. The van der Waals surface area contributed by atoms with Crippen LogP contribution in [0.4, 0.5) is 0 Å². The summed E-state index contributed by atoms with van der Waals surface area (Å²) in [6.07, 6.45) is 7.46. The second-order valence-electron chi connectivity index (χ2n) is 9.68. The first kappa shape index (κ1) is 17.4. The number of hydrogen-bond acceptors (Lipinski definition) is 4. The Morgan fingerprint density at radius 1 is 0.929 bits per heavy atom. The number of hydrogen-bond donors (Lipinski definition) is 2. The normalized spacial score (nSPS) is 44.4. The number of likely N-dealkylation sites (tertiary alicyclic amines) is 1. The zero-order valence-electron chi connectivity index (χ0n) is 16.6. The quantitative estimate of drug-likeness (QED) is 0.825. The summed E-state index contributed by atoms with van der Waals surface area (Å²) in [6.45, 7) is 3.32. The van der Waals surface area contributed by atoms with Crippen molar-refractivity contribution in [3.8, 4) is 0 Å². The minimum absolute atomic E-state index is 0.0315. The van der Waals surface area contributed by atoms with Crippen LogP contribution in [0.2, 0.25) is 0 Å². The maximum Gasteiger partial charge on any atom is 0.241 e. The number of carbonyl (C=O) groups is 1. The number of piperidine rings is 3. The molecular formula is C23H32N4O. The van der Waals surface area contributed by atoms with Crippen molar-refractivity contribution in [3.63, 3.8) is 0 Å². The van der Waals surface area contributed by atoms with Gasteiger partial charge >= 0.3 is 0 Å². The molecule has 6 aliphatic rings. The van der Waals surface area contributed by atoms with Crippen molar-refractivity contribution in [3.05, 3.63) is 35.9 Å². The van der Waals surface area contributed by atoms with Crippen LogP contribution >= 0.6 is 0 Å². The Morgan fingerprint density at radius 3 is 2.54 bits per heavy atom. The van der Waals surface area contributed by atoms with Crippen molar-refractivity contribution in [2.24, 2.45) is 11.8 Å². The topological polar surface area (TPSA) is 47.6 Å². The Labute approximate surface area is 167 Å². The maximum absolute atomic E-state index is 13.8. The molecule has 5 heteroatoms. The van der Waals surface area contributed by atoms with Gasteiger partial charge in [-0.05, 0) is 50.3 Å². The van der Waals surface area contributed by atoms with Crippen LogP contribution in [0.25, 0.3) is 0 Å². The Balaban J connectivity index is 1.31. The van der Waals surface area contributed by atoms with Gasteiger partial charge in [0, 0.05) is 30.5 Å². The molecule has 1 aromatic rings. The third-order valence-electron chi connectivity index (χ3n) is 8.44. The van der Waals surface area contributed by atoms with E-state index >= 15 is 0 Å². The highest BCUT2D eigenvalue weighted by atomic mass is 16.2. The Hall–Kier alpha value is -1.43. The molecule has 0 radical (unpaired) electrons. The van der Waals surface area contributed by atoms with E-state index in [1.54, 1.807) is 0 Å². The second-order valence-corrected chi connectivity index (χ2v) is 9.68. The Kier molecular flexibility index (Phi) is 4.25. The highest BCUT2D eigenvalue weighted by Gasteiger charge is 2.56. The summed E-state index contributed by atoms with van der Waals surface area (Å²) in [5.74, 6) is 1.97. The minimum atomic E-state index is -0.0315. The van der Waals surface area contributed by atoms with Crippen molar-refractivity contribution in [2.75, 3.05) is 19.6 Å². The van der Waals surface area contributed by atoms with E-state index in [2.05, 4.69) is 51.0 Å². The smallest absolute Gasteiger partial charge is 0.241 e. The van der Waals surface area contributed by atoms with Crippen LogP contribution < -0.4 is 10.9 Å². The molecule has 0 spiro atoms. The van der Waals surface area contributed by atoms with E-state index in [4.69, 9.17) is 0 Å². The van der Waals surface area contributed by atoms with Gasteiger partial charge in [-0.15, -0.1) is 0 Å². The molecule has 5 saturated heterocycles. The number of carbonyl (C=O) groups excluding carboxylic acids is 1. The van der Waals surface area contributed by atoms with E-state index in [0.717, 1.165) is 6.54 Å². The molecule has 28 heavy (non-hydrogen) atoms. The lowest BCUT2D eigenvalue weighted by atomic mass is 9.75. The Bertz CT molecular complexity index is 731. The van der Waals surface area contributed by atoms with Crippen molar-refractivity contribution < 1.29 is 4.79 Å². The SMILES string of the molecule is O=C(C1NNC2CCCCC21)N1C[C@H](c2ccccc2)[C@H]2[C@@H]1C1CCN2CC1. The van der Waals surface area contributed by atoms with Crippen LogP contribution in [0, 0.1) is 11.8 Å². The fourth-order valence-electron chi connectivity index (χ4n) is 7.13. The zero-order valence-corrected chi connectivity index (χ0v) is 16.6. The molecule has 2 bridgehead atoms. The van der Waals surface area contributed by atoms with Crippen molar-refractivity contribution in [2.45, 2.75) is 68.6 Å². The van der Waals surface area contributed by atoms with Crippen LogP contribution in [-0.4, -0.2) is 59.5 Å². The van der Waals surface area contributed by atoms with Crippen LogP contribution in [0.1, 0.15) is 50.0 Å². The van der Waals surface area contributed by atoms with Gasteiger partial charge in [-0.25, -0.2) is 5.43 Å². The molecule has 5 nitrogen and oxygen atoms in total. The molecule has 5 aliphatic heterocycles. The van der Waals surface area contributed by atoms with Gasteiger partial charge in [0.1, 0.15) is 6.04 Å². The first-order valence-corrected chi connectivity index (χ1v) is 11.4. The third kappa shape index (κ3) is 2.59. The van der Waals surface area contributed by atoms with E-state index < -0.39 is 0 Å². The zero-order chi connectivity index (χ0) is 18.7. The van der Waals surface area contributed by atoms with Crippen molar-refractivity contribution in [1.29, 1.82) is 0 Å². The van der Waals surface area contributed by atoms with Crippen LogP contribution in [-0.2, 0) is 4.79 Å². The van der Waals surface area contributed by atoms with Gasteiger partial charge in [0.05, 0.1) is 6.04 Å². The van der Waals surface area contributed by atoms with Gasteiger partial charge < -0.3 is 4.90 Å². The summed E-state index contributed by atoms with van der Waals surface area (Å²) in [4.78, 5) is 18.8. The monoisotopic (exact) mass is 380 g/mol. The number of fused-ring (bicyclic) bond motifs is 3. The molecule has 6 fully saturated rings. The molecular weight excluding hydrogens is 348 g/mol. The highest BCUT2D eigenvalue weighted by molar-refractivity contribution is 5.83. The number of amides is 1. The molecule has 6 atom stereocenters. The first-order valence-electron chi connectivity index (χ1n) is 11.4. The molecule has 150 valence electrons. The van der Waals surface area contributed by atoms with Crippen LogP contribution in [0.15, 0.2) is 30.3 Å². The first-order chi connectivity index (χ1) is 13.8. The lowest BCUT2D eigenvalue weighted by Gasteiger charge is -2.51. The summed E-state index contributed by atoms with van der Waals surface area (Å²) >= 11 is 0. The van der Waals surface area contributed by atoms with Crippen LogP contribution in [0.3, 0.4) is 0 Å². The van der Waals surface area contributed by atoms with Gasteiger partial charge in [-0.2, -0.15) is 0 Å². The fraction of sp³-hybridized carbons (Fsp3) is 0.696. The number of nitrogens with zero attached hydrogens (tertiary/aromatic N) is 2. The minimum Gasteiger partial charge on any atom is -0.336 e. The molecule has 1 aromatic carbocycles. The number of benzene rings is 1. The molecule has 3 unspecified atom stereocenters. The number of nitrogens with one attached hydrogen (secondary N) is 2. The van der Waals surface area contributed by atoms with E-state index in [-0.39, 0.29) is 6.04 Å². The van der Waals surface area contributed by atoms with E-state index in [9.17, 15) is 4.79 Å². The average Bonchev–Trinajstić information content (AvgIpc) is 3.38. The number of rotatable bonds is 2. The molecule has 1 aliphatic carbocycles. The molecule has 0 aromatic heterocycles. The highest BCUT2D eigenvalue weighted by Crippen LogP contribution is 2.47. The predicted octanol–water partition coefficient (Wildman–Crippen LogP) is 2.11. The fourth-order valence-corrected chi connectivity index (χ4v) is 7.13. The Morgan fingerprint density at radius 2 is 1.71 bits per heavy atom. The number of hydrazine groups is 1. The van der Waals surface area contributed by atoms with E-state index in [1.807, 2.05) is 0 Å². The lowest BCUT2D eigenvalue weighted by molar-refractivity contribution is -0.139. The predicted molar refractivity (Wildman–Crippen MR) is 109 cm³/mol. The van der Waals surface area contributed by atoms with E-state index in [1.165, 1.54) is 57.2 Å². The van der Waals surface area contributed by atoms with Gasteiger partial charge in [0.25, 0.3) is 0 Å². The van der Waals surface area contributed by atoms with Crippen molar-refractivity contribution >= 4 is 5.91 Å². The standard InChI is InChI=1S/C23H32N4O/c28-23(20-17-8-4-5-9-19(17)24-25-20)27-14-18(15-6-2-1-3-7-15)22-21(27)16-10-12-26(22)13-11-16/h1-3,6-7,16-22,24-25H,4-5,8-14H2/t17?,18-,19?,20?,21+,22+/m1/s1. The van der Waals surface area contributed by atoms with Gasteiger partial charge in [0.15, 0.2) is 0 Å². The maximum atomic E-state index is 13.8. The van der Waals surface area contributed by atoms with E-state index in [0.29, 0.717) is 41.8 Å². The summed E-state index contributed by atoms with van der Waals surface area (Å²) in [7, 11) is 0. The molecule has 1 amide bonds.